The van der Waals surface area contributed by atoms with Crippen molar-refractivity contribution in [2.45, 2.75) is 19.8 Å². The first-order valence-electron chi connectivity index (χ1n) is 7.48. The minimum Gasteiger partial charge on any atom is -0.348 e. The number of aromatic amines is 1. The molecule has 4 rings (SSSR count). The Kier molecular flexibility index (Phi) is 2.79. The average Bonchev–Trinajstić information content (AvgIpc) is 3.05. The average molecular weight is 291 g/mol. The molecule has 0 saturated carbocycles. The summed E-state index contributed by atoms with van der Waals surface area (Å²) in [6.45, 7) is 1.97. The van der Waals surface area contributed by atoms with Gasteiger partial charge >= 0.3 is 0 Å². The first-order valence-corrected chi connectivity index (χ1v) is 7.48. The zero-order valence-electron chi connectivity index (χ0n) is 12.7. The summed E-state index contributed by atoms with van der Waals surface area (Å²) in [7, 11) is 2.04. The number of rotatable bonds is 1. The van der Waals surface area contributed by atoms with Gasteiger partial charge in [0.2, 0.25) is 0 Å². The third kappa shape index (κ3) is 1.77. The molecule has 0 spiro atoms. The predicted molar refractivity (Wildman–Crippen MR) is 86.9 cm³/mol. The van der Waals surface area contributed by atoms with Crippen molar-refractivity contribution < 1.29 is 4.79 Å². The Balaban J connectivity index is 1.89. The minimum absolute atomic E-state index is 0.139. The van der Waals surface area contributed by atoms with Crippen LogP contribution in [0.1, 0.15) is 33.9 Å². The number of allylic oxidation sites excluding steroid dienone is 1. The van der Waals surface area contributed by atoms with Gasteiger partial charge in [-0.05, 0) is 31.9 Å². The monoisotopic (exact) mass is 291 g/mol. The first-order chi connectivity index (χ1) is 10.7. The maximum atomic E-state index is 13.0. The lowest BCUT2D eigenvalue weighted by Gasteiger charge is -2.15. The molecule has 110 valence electrons. The normalized spacial score (nSPS) is 16.5. The van der Waals surface area contributed by atoms with Crippen molar-refractivity contribution in [3.8, 4) is 0 Å². The van der Waals surface area contributed by atoms with Crippen molar-refractivity contribution in [2.75, 3.05) is 0 Å². The van der Waals surface area contributed by atoms with Crippen LogP contribution in [0.5, 0.6) is 0 Å². The van der Waals surface area contributed by atoms with Crippen molar-refractivity contribution in [2.24, 2.45) is 7.05 Å². The lowest BCUT2D eigenvalue weighted by Crippen LogP contribution is -2.15. The molecular weight excluding hydrogens is 274 g/mol. The summed E-state index contributed by atoms with van der Waals surface area (Å²) in [6.07, 6.45) is 5.25. The Morgan fingerprint density at radius 1 is 1.27 bits per heavy atom. The van der Waals surface area contributed by atoms with E-state index in [2.05, 4.69) is 20.6 Å². The standard InChI is InChI=1S/C18H17N3O/c1-11-14(20-10-19-11)9-12-7-8-16-17(18(12)22)13-5-3-4-6-15(13)21(16)2/h3-6,9-10H,7-8H2,1-2H3,(H,19,20)/b12-9+. The van der Waals surface area contributed by atoms with E-state index in [-0.39, 0.29) is 5.78 Å². The van der Waals surface area contributed by atoms with Gasteiger partial charge in [-0.15, -0.1) is 0 Å². The van der Waals surface area contributed by atoms with Gasteiger partial charge in [0, 0.05) is 34.9 Å². The van der Waals surface area contributed by atoms with Crippen LogP contribution in [0.25, 0.3) is 17.0 Å². The summed E-state index contributed by atoms with van der Waals surface area (Å²) >= 11 is 0. The number of benzene rings is 1. The summed E-state index contributed by atoms with van der Waals surface area (Å²) < 4.78 is 2.15. The number of Topliss-reactive ketones (excluding diaryl/α,β-unsaturated/α-hetero) is 1. The van der Waals surface area contributed by atoms with Crippen molar-refractivity contribution in [1.29, 1.82) is 0 Å². The molecule has 0 radical (unpaired) electrons. The largest absolute Gasteiger partial charge is 0.348 e. The molecule has 0 amide bonds. The number of hydrogen-bond donors (Lipinski definition) is 1. The summed E-state index contributed by atoms with van der Waals surface area (Å²) in [6, 6.07) is 8.12. The molecule has 4 heteroatoms. The van der Waals surface area contributed by atoms with Crippen LogP contribution >= 0.6 is 0 Å². The van der Waals surface area contributed by atoms with E-state index >= 15 is 0 Å². The van der Waals surface area contributed by atoms with E-state index in [0.717, 1.165) is 52.0 Å². The fourth-order valence-electron chi connectivity index (χ4n) is 3.34. The number of carbonyl (C=O) groups excluding carboxylic acids is 1. The molecule has 22 heavy (non-hydrogen) atoms. The van der Waals surface area contributed by atoms with E-state index in [9.17, 15) is 4.79 Å². The third-order valence-electron chi connectivity index (χ3n) is 4.56. The molecule has 1 aromatic carbocycles. The number of fused-ring (bicyclic) bond motifs is 3. The zero-order valence-corrected chi connectivity index (χ0v) is 12.7. The number of carbonyl (C=O) groups is 1. The van der Waals surface area contributed by atoms with Crippen LogP contribution < -0.4 is 0 Å². The fraction of sp³-hybridized carbons (Fsp3) is 0.222. The molecule has 1 N–H and O–H groups in total. The Labute approximate surface area is 128 Å². The maximum Gasteiger partial charge on any atom is 0.191 e. The van der Waals surface area contributed by atoms with Gasteiger partial charge in [-0.2, -0.15) is 0 Å². The van der Waals surface area contributed by atoms with Crippen molar-refractivity contribution >= 4 is 22.8 Å². The van der Waals surface area contributed by atoms with Crippen LogP contribution in [-0.4, -0.2) is 20.3 Å². The number of hydrogen-bond acceptors (Lipinski definition) is 2. The second-order valence-corrected chi connectivity index (χ2v) is 5.81. The zero-order chi connectivity index (χ0) is 15.3. The highest BCUT2D eigenvalue weighted by Crippen LogP contribution is 2.34. The molecule has 0 bridgehead atoms. The van der Waals surface area contributed by atoms with Crippen molar-refractivity contribution in [3.05, 3.63) is 58.8 Å². The second kappa shape index (κ2) is 4.70. The van der Waals surface area contributed by atoms with E-state index in [1.54, 1.807) is 6.33 Å². The molecular formula is C18H17N3O. The molecule has 0 atom stereocenters. The third-order valence-corrected chi connectivity index (χ3v) is 4.56. The molecule has 0 saturated heterocycles. The smallest absolute Gasteiger partial charge is 0.191 e. The van der Waals surface area contributed by atoms with Crippen LogP contribution in [0.3, 0.4) is 0 Å². The number of nitrogens with zero attached hydrogens (tertiary/aromatic N) is 2. The van der Waals surface area contributed by atoms with Crippen molar-refractivity contribution in [1.82, 2.24) is 14.5 Å². The molecule has 2 heterocycles. The molecule has 0 aliphatic heterocycles. The van der Waals surface area contributed by atoms with E-state index in [1.165, 1.54) is 0 Å². The molecule has 1 aliphatic rings. The van der Waals surface area contributed by atoms with Gasteiger partial charge in [0.05, 0.1) is 17.6 Å². The Morgan fingerprint density at radius 3 is 2.86 bits per heavy atom. The summed E-state index contributed by atoms with van der Waals surface area (Å²) in [5.41, 5.74) is 5.82. The van der Waals surface area contributed by atoms with Gasteiger partial charge in [0.25, 0.3) is 0 Å². The topological polar surface area (TPSA) is 50.7 Å². The number of ketones is 1. The predicted octanol–water partition coefficient (Wildman–Crippen LogP) is 3.42. The van der Waals surface area contributed by atoms with Gasteiger partial charge in [-0.3, -0.25) is 4.79 Å². The molecule has 1 aliphatic carbocycles. The summed E-state index contributed by atoms with van der Waals surface area (Å²) in [5.74, 6) is 0.139. The number of nitrogens with one attached hydrogen (secondary N) is 1. The fourth-order valence-corrected chi connectivity index (χ4v) is 3.34. The number of aryl methyl sites for hydroxylation is 2. The van der Waals surface area contributed by atoms with E-state index in [1.807, 2.05) is 38.2 Å². The number of para-hydroxylation sites is 1. The van der Waals surface area contributed by atoms with Gasteiger partial charge < -0.3 is 9.55 Å². The number of aromatic nitrogens is 3. The SMILES string of the molecule is Cc1[nH]cnc1/C=C1\CCc2c(c3ccccc3n2C)C1=O. The Hall–Kier alpha value is -2.62. The number of imidazole rings is 1. The van der Waals surface area contributed by atoms with Crippen molar-refractivity contribution in [3.63, 3.8) is 0 Å². The van der Waals surface area contributed by atoms with Gasteiger partial charge in [0.15, 0.2) is 5.78 Å². The van der Waals surface area contributed by atoms with Gasteiger partial charge in [-0.25, -0.2) is 4.98 Å². The van der Waals surface area contributed by atoms with Crippen LogP contribution in [0.15, 0.2) is 36.2 Å². The van der Waals surface area contributed by atoms with E-state index in [4.69, 9.17) is 0 Å². The second-order valence-electron chi connectivity index (χ2n) is 5.81. The molecule has 2 aromatic heterocycles. The Morgan fingerprint density at radius 2 is 2.09 bits per heavy atom. The summed E-state index contributed by atoms with van der Waals surface area (Å²) in [5, 5.41) is 1.05. The molecule has 4 nitrogen and oxygen atoms in total. The summed E-state index contributed by atoms with van der Waals surface area (Å²) in [4.78, 5) is 20.3. The quantitative estimate of drug-likeness (QED) is 0.698. The van der Waals surface area contributed by atoms with Crippen LogP contribution in [-0.2, 0) is 13.5 Å². The molecule has 0 unspecified atom stereocenters. The van der Waals surface area contributed by atoms with Crippen LogP contribution in [0, 0.1) is 6.92 Å². The maximum absolute atomic E-state index is 13.0. The van der Waals surface area contributed by atoms with E-state index in [0.29, 0.717) is 0 Å². The lowest BCUT2D eigenvalue weighted by molar-refractivity contribution is 0.102. The highest BCUT2D eigenvalue weighted by molar-refractivity contribution is 6.19. The first kappa shape index (κ1) is 13.1. The van der Waals surface area contributed by atoms with Gasteiger partial charge in [-0.1, -0.05) is 18.2 Å². The van der Waals surface area contributed by atoms with Gasteiger partial charge in [0.1, 0.15) is 0 Å². The lowest BCUT2D eigenvalue weighted by atomic mass is 9.89. The van der Waals surface area contributed by atoms with Crippen LogP contribution in [0.2, 0.25) is 0 Å². The molecule has 0 fully saturated rings. The highest BCUT2D eigenvalue weighted by atomic mass is 16.1. The Bertz CT molecular complexity index is 927. The molecule has 3 aromatic rings. The number of H-pyrrole nitrogens is 1. The highest BCUT2D eigenvalue weighted by Gasteiger charge is 2.27. The van der Waals surface area contributed by atoms with E-state index < -0.39 is 0 Å². The minimum atomic E-state index is 0.139. The van der Waals surface area contributed by atoms with Crippen LogP contribution in [0.4, 0.5) is 0 Å².